The Morgan fingerprint density at radius 2 is 2.14 bits per heavy atom. The molecule has 14 heavy (non-hydrogen) atoms. The number of rotatable bonds is 7. The monoisotopic (exact) mass is 202 g/mol. The van der Waals surface area contributed by atoms with Crippen molar-refractivity contribution in [2.24, 2.45) is 5.73 Å². The van der Waals surface area contributed by atoms with Crippen molar-refractivity contribution >= 4 is 5.91 Å². The highest BCUT2D eigenvalue weighted by Gasteiger charge is 2.07. The lowest BCUT2D eigenvalue weighted by molar-refractivity contribution is -0.122. The Bertz CT molecular complexity index is 160. The van der Waals surface area contributed by atoms with Gasteiger partial charge in [0.25, 0.3) is 0 Å². The number of amides is 1. The molecule has 0 aromatic rings. The van der Waals surface area contributed by atoms with E-state index in [1.807, 2.05) is 20.8 Å². The summed E-state index contributed by atoms with van der Waals surface area (Å²) in [5.74, 6) is 0.0505. The fourth-order valence-corrected chi connectivity index (χ4v) is 1.04. The Morgan fingerprint density at radius 1 is 1.50 bits per heavy atom. The molecule has 0 heterocycles. The summed E-state index contributed by atoms with van der Waals surface area (Å²) >= 11 is 0. The molecule has 0 rings (SSSR count). The van der Waals surface area contributed by atoms with Crippen LogP contribution in [0.15, 0.2) is 0 Å². The molecule has 0 aliphatic carbocycles. The number of hydrogen-bond donors (Lipinski definition) is 2. The van der Waals surface area contributed by atoms with E-state index in [0.29, 0.717) is 19.6 Å². The summed E-state index contributed by atoms with van der Waals surface area (Å²) in [5.41, 5.74) is 5.55. The summed E-state index contributed by atoms with van der Waals surface area (Å²) in [5, 5.41) is 2.85. The number of hydrogen-bond acceptors (Lipinski definition) is 3. The SMILES string of the molecule is CCOCC(C)NC(=O)CCC(C)N. The fourth-order valence-electron chi connectivity index (χ4n) is 1.04. The van der Waals surface area contributed by atoms with E-state index in [1.54, 1.807) is 0 Å². The Balaban J connectivity index is 3.50. The first-order valence-corrected chi connectivity index (χ1v) is 5.19. The average molecular weight is 202 g/mol. The Morgan fingerprint density at radius 3 is 2.64 bits per heavy atom. The summed E-state index contributed by atoms with van der Waals surface area (Å²) in [6.07, 6.45) is 1.22. The molecule has 0 aromatic heterocycles. The van der Waals surface area contributed by atoms with E-state index in [0.717, 1.165) is 6.42 Å². The molecular formula is C10H22N2O2. The van der Waals surface area contributed by atoms with Crippen LogP contribution in [0, 0.1) is 0 Å². The van der Waals surface area contributed by atoms with Gasteiger partial charge in [-0.3, -0.25) is 4.79 Å². The summed E-state index contributed by atoms with van der Waals surface area (Å²) in [6.45, 7) is 7.02. The maximum atomic E-state index is 11.3. The van der Waals surface area contributed by atoms with Gasteiger partial charge in [0, 0.05) is 25.1 Å². The Hall–Kier alpha value is -0.610. The van der Waals surface area contributed by atoms with Crippen molar-refractivity contribution < 1.29 is 9.53 Å². The molecule has 0 aliphatic rings. The minimum absolute atomic E-state index is 0.0505. The third-order valence-electron chi connectivity index (χ3n) is 1.81. The molecule has 1 amide bonds. The number of nitrogens with one attached hydrogen (secondary N) is 1. The first-order chi connectivity index (χ1) is 6.56. The van der Waals surface area contributed by atoms with Crippen molar-refractivity contribution in [2.45, 2.75) is 45.7 Å². The molecule has 2 unspecified atom stereocenters. The third-order valence-corrected chi connectivity index (χ3v) is 1.81. The van der Waals surface area contributed by atoms with E-state index in [4.69, 9.17) is 10.5 Å². The maximum absolute atomic E-state index is 11.3. The van der Waals surface area contributed by atoms with Gasteiger partial charge >= 0.3 is 0 Å². The van der Waals surface area contributed by atoms with Crippen molar-refractivity contribution in [1.82, 2.24) is 5.32 Å². The predicted octanol–water partition coefficient (Wildman–Crippen LogP) is 0.655. The number of nitrogens with two attached hydrogens (primary N) is 1. The van der Waals surface area contributed by atoms with Gasteiger partial charge < -0.3 is 15.8 Å². The first-order valence-electron chi connectivity index (χ1n) is 5.19. The normalized spacial score (nSPS) is 14.9. The Labute approximate surface area is 86.2 Å². The lowest BCUT2D eigenvalue weighted by atomic mass is 10.2. The van der Waals surface area contributed by atoms with E-state index in [-0.39, 0.29) is 18.0 Å². The standard InChI is InChI=1S/C10H22N2O2/c1-4-14-7-9(3)12-10(13)6-5-8(2)11/h8-9H,4-7,11H2,1-3H3,(H,12,13). The summed E-state index contributed by atoms with van der Waals surface area (Å²) in [4.78, 5) is 11.3. The summed E-state index contributed by atoms with van der Waals surface area (Å²) in [7, 11) is 0. The quantitative estimate of drug-likeness (QED) is 0.637. The molecule has 4 nitrogen and oxygen atoms in total. The smallest absolute Gasteiger partial charge is 0.220 e. The van der Waals surface area contributed by atoms with E-state index >= 15 is 0 Å². The van der Waals surface area contributed by atoms with Gasteiger partial charge in [0.1, 0.15) is 0 Å². The van der Waals surface area contributed by atoms with Gasteiger partial charge in [-0.05, 0) is 27.2 Å². The van der Waals surface area contributed by atoms with Crippen LogP contribution in [-0.2, 0) is 9.53 Å². The molecule has 4 heteroatoms. The fraction of sp³-hybridized carbons (Fsp3) is 0.900. The van der Waals surface area contributed by atoms with Crippen LogP contribution in [0.2, 0.25) is 0 Å². The lowest BCUT2D eigenvalue weighted by Crippen LogP contribution is -2.36. The van der Waals surface area contributed by atoms with Gasteiger partial charge in [-0.15, -0.1) is 0 Å². The van der Waals surface area contributed by atoms with Gasteiger partial charge in [0.05, 0.1) is 6.61 Å². The van der Waals surface area contributed by atoms with Crippen LogP contribution in [0.1, 0.15) is 33.6 Å². The summed E-state index contributed by atoms with van der Waals surface area (Å²) < 4.78 is 5.18. The summed E-state index contributed by atoms with van der Waals surface area (Å²) in [6, 6.07) is 0.165. The zero-order valence-electron chi connectivity index (χ0n) is 9.38. The molecule has 0 aliphatic heterocycles. The predicted molar refractivity (Wildman–Crippen MR) is 57.0 cm³/mol. The molecular weight excluding hydrogens is 180 g/mol. The van der Waals surface area contributed by atoms with Crippen LogP contribution in [0.5, 0.6) is 0 Å². The van der Waals surface area contributed by atoms with Crippen LogP contribution in [0.4, 0.5) is 0 Å². The minimum Gasteiger partial charge on any atom is -0.380 e. The number of carbonyl (C=O) groups excluding carboxylic acids is 1. The van der Waals surface area contributed by atoms with Crippen molar-refractivity contribution in [3.05, 3.63) is 0 Å². The van der Waals surface area contributed by atoms with Crippen molar-refractivity contribution in [3.63, 3.8) is 0 Å². The van der Waals surface area contributed by atoms with Gasteiger partial charge in [0.2, 0.25) is 5.91 Å². The van der Waals surface area contributed by atoms with Gasteiger partial charge in [-0.25, -0.2) is 0 Å². The van der Waals surface area contributed by atoms with E-state index in [2.05, 4.69) is 5.32 Å². The lowest BCUT2D eigenvalue weighted by Gasteiger charge is -2.13. The second kappa shape index (κ2) is 7.76. The van der Waals surface area contributed by atoms with Gasteiger partial charge in [-0.1, -0.05) is 0 Å². The van der Waals surface area contributed by atoms with Gasteiger partial charge in [-0.2, -0.15) is 0 Å². The highest BCUT2D eigenvalue weighted by molar-refractivity contribution is 5.76. The van der Waals surface area contributed by atoms with Crippen LogP contribution in [-0.4, -0.2) is 31.2 Å². The highest BCUT2D eigenvalue weighted by Crippen LogP contribution is 1.94. The molecule has 3 N–H and O–H groups in total. The molecule has 0 aromatic carbocycles. The van der Waals surface area contributed by atoms with Crippen LogP contribution in [0.25, 0.3) is 0 Å². The molecule has 0 bridgehead atoms. The molecule has 0 fully saturated rings. The number of ether oxygens (including phenoxy) is 1. The molecule has 0 spiro atoms. The average Bonchev–Trinajstić information content (AvgIpc) is 2.11. The third kappa shape index (κ3) is 8.01. The second-order valence-corrected chi connectivity index (χ2v) is 3.64. The van der Waals surface area contributed by atoms with E-state index in [9.17, 15) is 4.79 Å². The van der Waals surface area contributed by atoms with Crippen LogP contribution >= 0.6 is 0 Å². The molecule has 84 valence electrons. The maximum Gasteiger partial charge on any atom is 0.220 e. The topological polar surface area (TPSA) is 64.3 Å². The minimum atomic E-state index is 0.0505. The molecule has 0 saturated heterocycles. The second-order valence-electron chi connectivity index (χ2n) is 3.64. The first kappa shape index (κ1) is 13.4. The van der Waals surface area contributed by atoms with Crippen LogP contribution < -0.4 is 11.1 Å². The zero-order valence-corrected chi connectivity index (χ0v) is 9.38. The van der Waals surface area contributed by atoms with Crippen LogP contribution in [0.3, 0.4) is 0 Å². The van der Waals surface area contributed by atoms with E-state index in [1.165, 1.54) is 0 Å². The zero-order chi connectivity index (χ0) is 11.0. The van der Waals surface area contributed by atoms with Crippen molar-refractivity contribution in [1.29, 1.82) is 0 Å². The molecule has 2 atom stereocenters. The van der Waals surface area contributed by atoms with E-state index < -0.39 is 0 Å². The Kier molecular flexibility index (Phi) is 7.42. The largest absolute Gasteiger partial charge is 0.380 e. The molecule has 0 saturated carbocycles. The molecule has 0 radical (unpaired) electrons. The van der Waals surface area contributed by atoms with Gasteiger partial charge in [0.15, 0.2) is 0 Å². The number of carbonyl (C=O) groups is 1. The van der Waals surface area contributed by atoms with Crippen molar-refractivity contribution in [3.8, 4) is 0 Å². The van der Waals surface area contributed by atoms with Crippen molar-refractivity contribution in [2.75, 3.05) is 13.2 Å². The highest BCUT2D eigenvalue weighted by atomic mass is 16.5.